The number of methoxy groups -OCH3 is 1. The topological polar surface area (TPSA) is 81.4 Å². The lowest BCUT2D eigenvalue weighted by Crippen LogP contribution is -2.32. The van der Waals surface area contributed by atoms with E-state index in [2.05, 4.69) is 10.1 Å². The van der Waals surface area contributed by atoms with Gasteiger partial charge in [-0.3, -0.25) is 9.59 Å². The lowest BCUT2D eigenvalue weighted by atomic mass is 10.1. The Morgan fingerprint density at radius 2 is 2.10 bits per heavy atom. The Morgan fingerprint density at radius 3 is 2.71 bits per heavy atom. The number of aryl methyl sites for hydroxylation is 2. The summed E-state index contributed by atoms with van der Waals surface area (Å²) in [6.45, 7) is 3.98. The molecule has 1 atom stereocenters. The molecule has 0 aliphatic heterocycles. The van der Waals surface area contributed by atoms with Crippen molar-refractivity contribution in [3.63, 3.8) is 0 Å². The molecule has 5 nitrogen and oxygen atoms in total. The quantitative estimate of drug-likeness (QED) is 0.593. The second-order valence-corrected chi connectivity index (χ2v) is 5.94. The van der Waals surface area contributed by atoms with Crippen LogP contribution in [-0.2, 0) is 14.3 Å². The molecule has 0 fully saturated rings. The Morgan fingerprint density at radius 1 is 1.38 bits per heavy atom. The largest absolute Gasteiger partial charge is 0.468 e. The zero-order valence-electron chi connectivity index (χ0n) is 12.6. The molecule has 1 unspecified atom stereocenters. The highest BCUT2D eigenvalue weighted by Crippen LogP contribution is 2.16. The zero-order chi connectivity index (χ0) is 15.8. The second-order valence-electron chi connectivity index (χ2n) is 4.84. The number of esters is 1. The number of nitrogens with one attached hydrogen (secondary N) is 1. The summed E-state index contributed by atoms with van der Waals surface area (Å²) < 4.78 is 4.54. The minimum Gasteiger partial charge on any atom is -0.468 e. The van der Waals surface area contributed by atoms with E-state index in [1.807, 2.05) is 32.0 Å². The van der Waals surface area contributed by atoms with E-state index in [1.54, 1.807) is 0 Å². The van der Waals surface area contributed by atoms with Crippen molar-refractivity contribution in [3.05, 3.63) is 29.3 Å². The van der Waals surface area contributed by atoms with Crippen molar-refractivity contribution in [1.29, 1.82) is 0 Å². The molecule has 6 heteroatoms. The van der Waals surface area contributed by atoms with Crippen LogP contribution in [0.3, 0.4) is 0 Å². The summed E-state index contributed by atoms with van der Waals surface area (Å²) in [7, 11) is 1.31. The van der Waals surface area contributed by atoms with Crippen LogP contribution in [0.2, 0.25) is 0 Å². The van der Waals surface area contributed by atoms with Gasteiger partial charge in [-0.05, 0) is 37.7 Å². The number of hydrogen-bond donors (Lipinski definition) is 2. The van der Waals surface area contributed by atoms with Crippen LogP contribution in [0.15, 0.2) is 18.2 Å². The summed E-state index contributed by atoms with van der Waals surface area (Å²) in [6, 6.07) is 5.27. The predicted molar refractivity (Wildman–Crippen MR) is 86.5 cm³/mol. The zero-order valence-corrected chi connectivity index (χ0v) is 13.5. The molecule has 21 heavy (non-hydrogen) atoms. The fraction of sp³-hybridized carbons (Fsp3) is 0.467. The van der Waals surface area contributed by atoms with Gasteiger partial charge in [0, 0.05) is 5.69 Å². The molecular formula is C15H22N2O3S. The van der Waals surface area contributed by atoms with Crippen molar-refractivity contribution in [2.75, 3.05) is 23.9 Å². The van der Waals surface area contributed by atoms with Crippen LogP contribution in [0, 0.1) is 13.8 Å². The predicted octanol–water partition coefficient (Wildman–Crippen LogP) is 1.87. The molecule has 0 aliphatic rings. The first-order valence-corrected chi connectivity index (χ1v) is 7.87. The maximum Gasteiger partial charge on any atom is 0.322 e. The van der Waals surface area contributed by atoms with Gasteiger partial charge in [0.05, 0.1) is 12.9 Å². The Balaban J connectivity index is 2.30. The number of thioether (sulfide) groups is 1. The molecule has 0 saturated carbocycles. The Labute approximate surface area is 129 Å². The number of anilines is 1. The molecule has 1 aromatic rings. The smallest absolute Gasteiger partial charge is 0.322 e. The van der Waals surface area contributed by atoms with E-state index < -0.39 is 12.0 Å². The third-order valence-corrected chi connectivity index (χ3v) is 3.96. The normalized spacial score (nSPS) is 11.8. The first-order chi connectivity index (χ1) is 9.93. The number of hydrogen-bond acceptors (Lipinski definition) is 5. The van der Waals surface area contributed by atoms with Crippen LogP contribution in [-0.4, -0.2) is 36.5 Å². The van der Waals surface area contributed by atoms with Gasteiger partial charge in [-0.1, -0.05) is 17.7 Å². The van der Waals surface area contributed by atoms with E-state index in [-0.39, 0.29) is 5.91 Å². The molecule has 0 aliphatic carbocycles. The molecule has 1 aromatic carbocycles. The van der Waals surface area contributed by atoms with Crippen LogP contribution in [0.4, 0.5) is 5.69 Å². The lowest BCUT2D eigenvalue weighted by Gasteiger charge is -2.10. The molecule has 0 saturated heterocycles. The summed E-state index contributed by atoms with van der Waals surface area (Å²) in [5.41, 5.74) is 8.65. The lowest BCUT2D eigenvalue weighted by molar-refractivity contribution is -0.142. The van der Waals surface area contributed by atoms with E-state index in [4.69, 9.17) is 5.73 Å². The Bertz CT molecular complexity index is 506. The first kappa shape index (κ1) is 17.5. The van der Waals surface area contributed by atoms with Gasteiger partial charge in [-0.25, -0.2) is 0 Å². The second kappa shape index (κ2) is 8.69. The van der Waals surface area contributed by atoms with Crippen LogP contribution >= 0.6 is 11.8 Å². The number of benzene rings is 1. The molecule has 0 radical (unpaired) electrons. The average Bonchev–Trinajstić information content (AvgIpc) is 2.45. The first-order valence-electron chi connectivity index (χ1n) is 6.72. The van der Waals surface area contributed by atoms with Gasteiger partial charge >= 0.3 is 5.97 Å². The summed E-state index contributed by atoms with van der Waals surface area (Å²) >= 11 is 1.45. The number of rotatable bonds is 7. The molecule has 116 valence electrons. The fourth-order valence-corrected chi connectivity index (χ4v) is 2.61. The van der Waals surface area contributed by atoms with Crippen LogP contribution < -0.4 is 11.1 Å². The summed E-state index contributed by atoms with van der Waals surface area (Å²) in [4.78, 5) is 22.9. The summed E-state index contributed by atoms with van der Waals surface area (Å²) in [5, 5.41) is 2.88. The molecule has 0 heterocycles. The third-order valence-electron chi connectivity index (χ3n) is 2.97. The van der Waals surface area contributed by atoms with Crippen LogP contribution in [0.1, 0.15) is 17.5 Å². The van der Waals surface area contributed by atoms with Gasteiger partial charge in [-0.2, -0.15) is 11.8 Å². The molecule has 0 aromatic heterocycles. The number of ether oxygens (including phenoxy) is 1. The van der Waals surface area contributed by atoms with Gasteiger partial charge in [-0.15, -0.1) is 0 Å². The van der Waals surface area contributed by atoms with Crippen molar-refractivity contribution in [1.82, 2.24) is 0 Å². The Kier molecular flexibility index (Phi) is 7.25. The molecule has 0 bridgehead atoms. The van der Waals surface area contributed by atoms with Gasteiger partial charge < -0.3 is 15.8 Å². The van der Waals surface area contributed by atoms with Gasteiger partial charge in [0.1, 0.15) is 6.04 Å². The van der Waals surface area contributed by atoms with E-state index >= 15 is 0 Å². The van der Waals surface area contributed by atoms with Crippen molar-refractivity contribution in [2.24, 2.45) is 5.73 Å². The average molecular weight is 310 g/mol. The van der Waals surface area contributed by atoms with E-state index in [9.17, 15) is 9.59 Å². The number of nitrogens with two attached hydrogens (primary N) is 1. The van der Waals surface area contributed by atoms with E-state index in [0.29, 0.717) is 17.9 Å². The molecule has 1 amide bonds. The standard InChI is InChI=1S/C15H22N2O3S/c1-10-4-5-13(11(2)8-10)17-14(18)9-21-7-6-12(16)15(19)20-3/h4-5,8,12H,6-7,9,16H2,1-3H3,(H,17,18). The van der Waals surface area contributed by atoms with E-state index in [0.717, 1.165) is 16.8 Å². The van der Waals surface area contributed by atoms with Gasteiger partial charge in [0.25, 0.3) is 0 Å². The molecule has 3 N–H and O–H groups in total. The summed E-state index contributed by atoms with van der Waals surface area (Å²) in [6.07, 6.45) is 0.494. The number of carbonyl (C=O) groups is 2. The highest BCUT2D eigenvalue weighted by molar-refractivity contribution is 7.99. The van der Waals surface area contributed by atoms with Crippen LogP contribution in [0.5, 0.6) is 0 Å². The molecule has 0 spiro atoms. The third kappa shape index (κ3) is 6.18. The monoisotopic (exact) mass is 310 g/mol. The highest BCUT2D eigenvalue weighted by atomic mass is 32.2. The van der Waals surface area contributed by atoms with Crippen molar-refractivity contribution in [2.45, 2.75) is 26.3 Å². The molecular weight excluding hydrogens is 288 g/mol. The number of amides is 1. The van der Waals surface area contributed by atoms with Crippen molar-refractivity contribution < 1.29 is 14.3 Å². The Hall–Kier alpha value is -1.53. The number of carbonyl (C=O) groups excluding carboxylic acids is 2. The van der Waals surface area contributed by atoms with Gasteiger partial charge in [0.2, 0.25) is 5.91 Å². The highest BCUT2D eigenvalue weighted by Gasteiger charge is 2.13. The minimum atomic E-state index is -0.620. The van der Waals surface area contributed by atoms with E-state index in [1.165, 1.54) is 18.9 Å². The SMILES string of the molecule is COC(=O)C(N)CCSCC(=O)Nc1ccc(C)cc1C. The fourth-order valence-electron chi connectivity index (χ4n) is 1.78. The maximum absolute atomic E-state index is 11.8. The molecule has 1 rings (SSSR count). The summed E-state index contributed by atoms with van der Waals surface area (Å²) in [5.74, 6) is 0.492. The van der Waals surface area contributed by atoms with Gasteiger partial charge in [0.15, 0.2) is 0 Å². The minimum absolute atomic E-state index is 0.0569. The van der Waals surface area contributed by atoms with Crippen molar-refractivity contribution >= 4 is 29.3 Å². The van der Waals surface area contributed by atoms with Crippen LogP contribution in [0.25, 0.3) is 0 Å². The maximum atomic E-state index is 11.8. The van der Waals surface area contributed by atoms with Crippen molar-refractivity contribution in [3.8, 4) is 0 Å².